The molecule has 21 heavy (non-hydrogen) atoms. The summed E-state index contributed by atoms with van der Waals surface area (Å²) in [4.78, 5) is 28.0. The summed E-state index contributed by atoms with van der Waals surface area (Å²) in [5.41, 5.74) is 0.983. The second kappa shape index (κ2) is 5.65. The van der Waals surface area contributed by atoms with Crippen molar-refractivity contribution in [3.8, 4) is 16.3 Å². The van der Waals surface area contributed by atoms with Crippen LogP contribution in [0, 0.1) is 0 Å². The molecule has 0 aliphatic carbocycles. The van der Waals surface area contributed by atoms with Crippen LogP contribution in [0.15, 0.2) is 30.5 Å². The maximum Gasteiger partial charge on any atom is 0.314 e. The van der Waals surface area contributed by atoms with Gasteiger partial charge in [-0.05, 0) is 24.3 Å². The number of hydrogen-bond acceptors (Lipinski definition) is 6. The Balaban J connectivity index is 1.82. The first-order chi connectivity index (χ1) is 10.2. The first-order valence-electron chi connectivity index (χ1n) is 6.49. The molecule has 1 fully saturated rings. The van der Waals surface area contributed by atoms with Gasteiger partial charge in [0.05, 0.1) is 20.0 Å². The summed E-state index contributed by atoms with van der Waals surface area (Å²) in [5.74, 6) is -0.259. The number of cyclic esters (lactones) is 2. The number of carbonyl (C=O) groups is 2. The lowest BCUT2D eigenvalue weighted by molar-refractivity contribution is -0.163. The first kappa shape index (κ1) is 13.8. The van der Waals surface area contributed by atoms with Crippen LogP contribution in [0.4, 0.5) is 0 Å². The van der Waals surface area contributed by atoms with E-state index in [0.717, 1.165) is 21.2 Å². The molecule has 5 nitrogen and oxygen atoms in total. The molecule has 0 unspecified atom stereocenters. The predicted molar refractivity (Wildman–Crippen MR) is 77.2 cm³/mol. The number of ether oxygens (including phenoxy) is 2. The molecule has 0 radical (unpaired) electrons. The van der Waals surface area contributed by atoms with Crippen molar-refractivity contribution in [3.63, 3.8) is 0 Å². The molecule has 2 aromatic rings. The SMILES string of the molecule is COc1ccc(-c2ncc(C3CC(=O)OC(=O)C3)s2)cc1. The van der Waals surface area contributed by atoms with Crippen LogP contribution in [0.25, 0.3) is 10.6 Å². The summed E-state index contributed by atoms with van der Waals surface area (Å²) >= 11 is 1.50. The minimum atomic E-state index is -0.462. The summed E-state index contributed by atoms with van der Waals surface area (Å²) in [5, 5.41) is 0.860. The van der Waals surface area contributed by atoms with Crippen molar-refractivity contribution in [2.45, 2.75) is 18.8 Å². The third-order valence-corrected chi connectivity index (χ3v) is 4.53. The minimum absolute atomic E-state index is 0.122. The van der Waals surface area contributed by atoms with Gasteiger partial charge in [0.2, 0.25) is 0 Å². The van der Waals surface area contributed by atoms with Crippen LogP contribution in [0.2, 0.25) is 0 Å². The van der Waals surface area contributed by atoms with Crippen molar-refractivity contribution < 1.29 is 19.1 Å². The van der Waals surface area contributed by atoms with Crippen LogP contribution in [-0.2, 0) is 14.3 Å². The van der Waals surface area contributed by atoms with E-state index in [0.29, 0.717) is 0 Å². The molecular weight excluding hydrogens is 290 g/mol. The van der Waals surface area contributed by atoms with Gasteiger partial charge >= 0.3 is 11.9 Å². The Labute approximate surface area is 125 Å². The molecule has 1 aliphatic heterocycles. The number of nitrogens with zero attached hydrogens (tertiary/aromatic N) is 1. The summed E-state index contributed by atoms with van der Waals surface area (Å²) in [7, 11) is 1.62. The van der Waals surface area contributed by atoms with E-state index in [1.165, 1.54) is 11.3 Å². The molecule has 0 amide bonds. The maximum absolute atomic E-state index is 11.3. The van der Waals surface area contributed by atoms with Crippen molar-refractivity contribution in [3.05, 3.63) is 35.3 Å². The van der Waals surface area contributed by atoms with Gasteiger partial charge in [0.15, 0.2) is 0 Å². The van der Waals surface area contributed by atoms with Gasteiger partial charge in [-0.15, -0.1) is 11.3 Å². The van der Waals surface area contributed by atoms with Crippen LogP contribution in [0.1, 0.15) is 23.6 Å². The first-order valence-corrected chi connectivity index (χ1v) is 7.31. The third-order valence-electron chi connectivity index (χ3n) is 3.32. The number of benzene rings is 1. The molecule has 3 rings (SSSR count). The van der Waals surface area contributed by atoms with Gasteiger partial charge in [0.25, 0.3) is 0 Å². The summed E-state index contributed by atoms with van der Waals surface area (Å²) in [6.07, 6.45) is 2.20. The Kier molecular flexibility index (Phi) is 3.70. The third kappa shape index (κ3) is 2.95. The highest BCUT2D eigenvalue weighted by atomic mass is 32.1. The van der Waals surface area contributed by atoms with Gasteiger partial charge in [0.1, 0.15) is 10.8 Å². The second-order valence-corrected chi connectivity index (χ2v) is 5.81. The van der Waals surface area contributed by atoms with Crippen LogP contribution in [0.5, 0.6) is 5.75 Å². The monoisotopic (exact) mass is 303 g/mol. The lowest BCUT2D eigenvalue weighted by atomic mass is 9.98. The van der Waals surface area contributed by atoms with Gasteiger partial charge < -0.3 is 9.47 Å². The zero-order valence-corrected chi connectivity index (χ0v) is 12.2. The quantitative estimate of drug-likeness (QED) is 0.644. The molecular formula is C15H13NO4S. The predicted octanol–water partition coefficient (Wildman–Crippen LogP) is 2.77. The topological polar surface area (TPSA) is 65.5 Å². The van der Waals surface area contributed by atoms with Gasteiger partial charge in [-0.1, -0.05) is 0 Å². The van der Waals surface area contributed by atoms with Crippen LogP contribution < -0.4 is 4.74 Å². The highest BCUT2D eigenvalue weighted by molar-refractivity contribution is 7.15. The average molecular weight is 303 g/mol. The molecule has 0 atom stereocenters. The fourth-order valence-electron chi connectivity index (χ4n) is 2.23. The van der Waals surface area contributed by atoms with Crippen molar-refractivity contribution in [2.24, 2.45) is 0 Å². The summed E-state index contributed by atoms with van der Waals surface area (Å²) in [6, 6.07) is 7.61. The smallest absolute Gasteiger partial charge is 0.314 e. The number of esters is 2. The zero-order chi connectivity index (χ0) is 14.8. The second-order valence-electron chi connectivity index (χ2n) is 4.75. The van der Waals surface area contributed by atoms with E-state index in [2.05, 4.69) is 9.72 Å². The Morgan fingerprint density at radius 2 is 1.86 bits per heavy atom. The van der Waals surface area contributed by atoms with Crippen LogP contribution in [-0.4, -0.2) is 24.0 Å². The minimum Gasteiger partial charge on any atom is -0.497 e. The normalized spacial score (nSPS) is 15.9. The molecule has 0 spiro atoms. The number of aromatic nitrogens is 1. The van der Waals surface area contributed by atoms with Crippen molar-refractivity contribution >= 4 is 23.3 Å². The van der Waals surface area contributed by atoms with E-state index >= 15 is 0 Å². The molecule has 108 valence electrons. The van der Waals surface area contributed by atoms with Crippen LogP contribution >= 0.6 is 11.3 Å². The fourth-order valence-corrected chi connectivity index (χ4v) is 3.25. The van der Waals surface area contributed by atoms with E-state index < -0.39 is 11.9 Å². The molecule has 0 N–H and O–H groups in total. The number of carbonyl (C=O) groups excluding carboxylic acids is 2. The van der Waals surface area contributed by atoms with E-state index in [1.54, 1.807) is 13.3 Å². The Morgan fingerprint density at radius 1 is 1.19 bits per heavy atom. The van der Waals surface area contributed by atoms with Gasteiger partial charge in [0, 0.05) is 22.6 Å². The molecule has 6 heteroatoms. The fraction of sp³-hybridized carbons (Fsp3) is 0.267. The zero-order valence-electron chi connectivity index (χ0n) is 11.4. The molecule has 0 bridgehead atoms. The largest absolute Gasteiger partial charge is 0.497 e. The number of rotatable bonds is 3. The molecule has 1 saturated heterocycles. The molecule has 1 aliphatic rings. The van der Waals surface area contributed by atoms with Crippen molar-refractivity contribution in [1.29, 1.82) is 0 Å². The van der Waals surface area contributed by atoms with Gasteiger partial charge in [-0.3, -0.25) is 9.59 Å². The lowest BCUT2D eigenvalue weighted by Crippen LogP contribution is -2.23. The molecule has 2 heterocycles. The van der Waals surface area contributed by atoms with E-state index in [9.17, 15) is 9.59 Å². The summed E-state index contributed by atoms with van der Waals surface area (Å²) in [6.45, 7) is 0. The average Bonchev–Trinajstić information content (AvgIpc) is 2.96. The van der Waals surface area contributed by atoms with E-state index in [1.807, 2.05) is 24.3 Å². The lowest BCUT2D eigenvalue weighted by Gasteiger charge is -2.17. The van der Waals surface area contributed by atoms with E-state index in [4.69, 9.17) is 4.74 Å². The number of methoxy groups -OCH3 is 1. The van der Waals surface area contributed by atoms with Crippen LogP contribution in [0.3, 0.4) is 0 Å². The van der Waals surface area contributed by atoms with Crippen molar-refractivity contribution in [1.82, 2.24) is 4.98 Å². The number of hydrogen-bond donors (Lipinski definition) is 0. The molecule has 1 aromatic heterocycles. The number of thiazole rings is 1. The standard InChI is InChI=1S/C15H13NO4S/c1-19-11-4-2-9(3-5-11)15-16-8-12(21-15)10-6-13(17)20-14(18)7-10/h2-5,8,10H,6-7H2,1H3. The van der Waals surface area contributed by atoms with E-state index in [-0.39, 0.29) is 18.8 Å². The van der Waals surface area contributed by atoms with Crippen molar-refractivity contribution in [2.75, 3.05) is 7.11 Å². The highest BCUT2D eigenvalue weighted by Gasteiger charge is 2.29. The van der Waals surface area contributed by atoms with Gasteiger partial charge in [-0.2, -0.15) is 0 Å². The summed E-state index contributed by atoms with van der Waals surface area (Å²) < 4.78 is 9.67. The molecule has 0 saturated carbocycles. The molecule has 1 aromatic carbocycles. The Bertz CT molecular complexity index is 661. The maximum atomic E-state index is 11.3. The van der Waals surface area contributed by atoms with Gasteiger partial charge in [-0.25, -0.2) is 4.98 Å². The highest BCUT2D eigenvalue weighted by Crippen LogP contribution is 2.35. The Morgan fingerprint density at radius 3 is 2.48 bits per heavy atom. The Hall–Kier alpha value is -2.21.